The van der Waals surface area contributed by atoms with Crippen molar-refractivity contribution in [3.8, 4) is 5.75 Å². The number of ether oxygens (including phenoxy) is 1. The third-order valence-electron chi connectivity index (χ3n) is 3.00. The molecule has 5 heteroatoms. The monoisotopic (exact) mass is 305 g/mol. The Kier molecular flexibility index (Phi) is 4.68. The number of aromatic nitrogens is 2. The van der Waals surface area contributed by atoms with E-state index in [1.54, 1.807) is 13.2 Å². The number of hydrogen-bond acceptors (Lipinski definition) is 4. The van der Waals surface area contributed by atoms with Crippen LogP contribution in [0, 0.1) is 0 Å². The molecule has 1 aromatic heterocycles. The van der Waals surface area contributed by atoms with Crippen molar-refractivity contribution in [1.29, 1.82) is 0 Å². The zero-order valence-electron chi connectivity index (χ0n) is 12.8. The summed E-state index contributed by atoms with van der Waals surface area (Å²) in [5.41, 5.74) is 1.00. The molecule has 21 heavy (non-hydrogen) atoms. The van der Waals surface area contributed by atoms with E-state index >= 15 is 0 Å². The van der Waals surface area contributed by atoms with Gasteiger partial charge in [0.05, 0.1) is 7.11 Å². The van der Waals surface area contributed by atoms with Gasteiger partial charge in [-0.05, 0) is 17.7 Å². The first-order valence-electron chi connectivity index (χ1n) is 6.80. The standard InChI is InChI=1S/C16H20ClN3O/c1-16(2,3)15-19-13(17)9-14(20-15)18-10-11-5-7-12(21-4)8-6-11/h5-9H,10H2,1-4H3,(H,18,19,20). The average molecular weight is 306 g/mol. The Balaban J connectivity index is 2.10. The molecular formula is C16H20ClN3O. The molecule has 0 radical (unpaired) electrons. The highest BCUT2D eigenvalue weighted by atomic mass is 35.5. The van der Waals surface area contributed by atoms with E-state index in [-0.39, 0.29) is 5.41 Å². The van der Waals surface area contributed by atoms with E-state index in [9.17, 15) is 0 Å². The van der Waals surface area contributed by atoms with E-state index in [0.717, 1.165) is 23.0 Å². The van der Waals surface area contributed by atoms with Gasteiger partial charge < -0.3 is 10.1 Å². The Morgan fingerprint density at radius 1 is 1.14 bits per heavy atom. The van der Waals surface area contributed by atoms with Crippen LogP contribution in [0.5, 0.6) is 5.75 Å². The Morgan fingerprint density at radius 3 is 2.38 bits per heavy atom. The maximum Gasteiger partial charge on any atom is 0.137 e. The summed E-state index contributed by atoms with van der Waals surface area (Å²) in [5.74, 6) is 2.31. The van der Waals surface area contributed by atoms with Gasteiger partial charge in [0.15, 0.2) is 0 Å². The van der Waals surface area contributed by atoms with Crippen LogP contribution in [0.3, 0.4) is 0 Å². The molecule has 112 valence electrons. The molecule has 1 aromatic carbocycles. The topological polar surface area (TPSA) is 47.0 Å². The number of methoxy groups -OCH3 is 1. The van der Waals surface area contributed by atoms with Crippen LogP contribution in [-0.2, 0) is 12.0 Å². The van der Waals surface area contributed by atoms with Crippen LogP contribution in [-0.4, -0.2) is 17.1 Å². The Labute approximate surface area is 130 Å². The molecular weight excluding hydrogens is 286 g/mol. The molecule has 0 saturated carbocycles. The molecule has 0 spiro atoms. The van der Waals surface area contributed by atoms with Crippen molar-refractivity contribution in [2.45, 2.75) is 32.7 Å². The first kappa shape index (κ1) is 15.6. The highest BCUT2D eigenvalue weighted by Crippen LogP contribution is 2.22. The number of rotatable bonds is 4. The van der Waals surface area contributed by atoms with E-state index in [1.807, 2.05) is 24.3 Å². The van der Waals surface area contributed by atoms with Gasteiger partial charge in [0.2, 0.25) is 0 Å². The maximum absolute atomic E-state index is 6.07. The summed E-state index contributed by atoms with van der Waals surface area (Å²) in [6.45, 7) is 6.85. The van der Waals surface area contributed by atoms with Crippen molar-refractivity contribution in [2.24, 2.45) is 0 Å². The van der Waals surface area contributed by atoms with Gasteiger partial charge >= 0.3 is 0 Å². The van der Waals surface area contributed by atoms with Crippen molar-refractivity contribution in [2.75, 3.05) is 12.4 Å². The van der Waals surface area contributed by atoms with Crippen LogP contribution >= 0.6 is 11.6 Å². The summed E-state index contributed by atoms with van der Waals surface area (Å²) in [4.78, 5) is 8.80. The smallest absolute Gasteiger partial charge is 0.137 e. The molecule has 0 unspecified atom stereocenters. The number of benzene rings is 1. The SMILES string of the molecule is COc1ccc(CNc2cc(Cl)nc(C(C)(C)C)n2)cc1. The highest BCUT2D eigenvalue weighted by molar-refractivity contribution is 6.29. The zero-order chi connectivity index (χ0) is 15.5. The van der Waals surface area contributed by atoms with Crippen LogP contribution in [0.1, 0.15) is 32.2 Å². The number of nitrogens with zero attached hydrogens (tertiary/aromatic N) is 2. The second-order valence-corrected chi connectivity index (χ2v) is 6.24. The van der Waals surface area contributed by atoms with Crippen LogP contribution in [0.25, 0.3) is 0 Å². The fraction of sp³-hybridized carbons (Fsp3) is 0.375. The first-order chi connectivity index (χ1) is 9.88. The summed E-state index contributed by atoms with van der Waals surface area (Å²) >= 11 is 6.07. The quantitative estimate of drug-likeness (QED) is 0.866. The van der Waals surface area contributed by atoms with E-state index in [4.69, 9.17) is 16.3 Å². The summed E-state index contributed by atoms with van der Waals surface area (Å²) in [5, 5.41) is 3.73. The zero-order valence-corrected chi connectivity index (χ0v) is 13.5. The Hall–Kier alpha value is -1.81. The second kappa shape index (κ2) is 6.31. The van der Waals surface area contributed by atoms with Crippen LogP contribution in [0.4, 0.5) is 5.82 Å². The lowest BCUT2D eigenvalue weighted by molar-refractivity contribution is 0.414. The number of hydrogen-bond donors (Lipinski definition) is 1. The van der Waals surface area contributed by atoms with Gasteiger partial charge in [-0.3, -0.25) is 0 Å². The third-order valence-corrected chi connectivity index (χ3v) is 3.19. The van der Waals surface area contributed by atoms with Crippen LogP contribution < -0.4 is 10.1 Å². The Bertz CT molecular complexity index is 606. The minimum atomic E-state index is -0.137. The summed E-state index contributed by atoms with van der Waals surface area (Å²) in [6.07, 6.45) is 0. The average Bonchev–Trinajstić information content (AvgIpc) is 2.44. The van der Waals surface area contributed by atoms with E-state index < -0.39 is 0 Å². The van der Waals surface area contributed by atoms with Crippen molar-refractivity contribution in [3.63, 3.8) is 0 Å². The van der Waals surface area contributed by atoms with Gasteiger partial charge in [0.25, 0.3) is 0 Å². The molecule has 0 amide bonds. The van der Waals surface area contributed by atoms with Gasteiger partial charge in [0, 0.05) is 18.0 Å². The predicted octanol–water partition coefficient (Wildman–Crippen LogP) is 4.05. The molecule has 0 aliphatic heterocycles. The normalized spacial score (nSPS) is 11.3. The van der Waals surface area contributed by atoms with Crippen molar-refractivity contribution in [3.05, 3.63) is 46.9 Å². The largest absolute Gasteiger partial charge is 0.497 e. The minimum absolute atomic E-state index is 0.137. The third kappa shape index (κ3) is 4.33. The van der Waals surface area contributed by atoms with Gasteiger partial charge in [-0.15, -0.1) is 0 Å². The van der Waals surface area contributed by atoms with Gasteiger partial charge in [-0.2, -0.15) is 0 Å². The van der Waals surface area contributed by atoms with Gasteiger partial charge in [-0.1, -0.05) is 44.5 Å². The van der Waals surface area contributed by atoms with Crippen molar-refractivity contribution in [1.82, 2.24) is 9.97 Å². The van der Waals surface area contributed by atoms with Crippen LogP contribution in [0.15, 0.2) is 30.3 Å². The van der Waals surface area contributed by atoms with Crippen molar-refractivity contribution < 1.29 is 4.74 Å². The van der Waals surface area contributed by atoms with Crippen LogP contribution in [0.2, 0.25) is 5.15 Å². The molecule has 0 bridgehead atoms. The first-order valence-corrected chi connectivity index (χ1v) is 7.18. The predicted molar refractivity (Wildman–Crippen MR) is 86.1 cm³/mol. The van der Waals surface area contributed by atoms with Gasteiger partial charge in [-0.25, -0.2) is 9.97 Å². The van der Waals surface area contributed by atoms with E-state index in [1.165, 1.54) is 0 Å². The summed E-state index contributed by atoms with van der Waals surface area (Å²) in [7, 11) is 1.66. The lowest BCUT2D eigenvalue weighted by Gasteiger charge is -2.17. The fourth-order valence-corrected chi connectivity index (χ4v) is 1.96. The lowest BCUT2D eigenvalue weighted by atomic mass is 9.96. The Morgan fingerprint density at radius 2 is 1.81 bits per heavy atom. The van der Waals surface area contributed by atoms with Crippen molar-refractivity contribution >= 4 is 17.4 Å². The summed E-state index contributed by atoms with van der Waals surface area (Å²) in [6, 6.07) is 9.63. The summed E-state index contributed by atoms with van der Waals surface area (Å²) < 4.78 is 5.14. The molecule has 0 atom stereocenters. The number of anilines is 1. The van der Waals surface area contributed by atoms with Gasteiger partial charge in [0.1, 0.15) is 22.5 Å². The molecule has 1 heterocycles. The molecule has 2 aromatic rings. The molecule has 0 saturated heterocycles. The number of halogens is 1. The minimum Gasteiger partial charge on any atom is -0.497 e. The molecule has 0 aliphatic carbocycles. The lowest BCUT2D eigenvalue weighted by Crippen LogP contribution is -2.17. The molecule has 0 aliphatic rings. The van der Waals surface area contributed by atoms with E-state index in [2.05, 4.69) is 36.1 Å². The van der Waals surface area contributed by atoms with E-state index in [0.29, 0.717) is 11.7 Å². The molecule has 1 N–H and O–H groups in total. The molecule has 2 rings (SSSR count). The second-order valence-electron chi connectivity index (χ2n) is 5.85. The molecule has 0 fully saturated rings. The highest BCUT2D eigenvalue weighted by Gasteiger charge is 2.18. The fourth-order valence-electron chi connectivity index (χ4n) is 1.78. The maximum atomic E-state index is 6.07. The number of nitrogens with one attached hydrogen (secondary N) is 1. The molecule has 4 nitrogen and oxygen atoms in total.